The van der Waals surface area contributed by atoms with Gasteiger partial charge in [-0.1, -0.05) is 26.2 Å². The third kappa shape index (κ3) is 3.60. The summed E-state index contributed by atoms with van der Waals surface area (Å²) in [6.45, 7) is 6.30. The number of ether oxygens (including phenoxy) is 1. The van der Waals surface area contributed by atoms with Crippen molar-refractivity contribution in [2.45, 2.75) is 52.5 Å². The van der Waals surface area contributed by atoms with Crippen molar-refractivity contribution in [1.82, 2.24) is 4.57 Å². The molecule has 1 aromatic carbocycles. The van der Waals surface area contributed by atoms with Crippen molar-refractivity contribution >= 4 is 10.9 Å². The third-order valence-corrected chi connectivity index (χ3v) is 3.88. The van der Waals surface area contributed by atoms with E-state index in [1.54, 1.807) is 6.07 Å². The molecule has 0 bridgehead atoms. The molecule has 0 saturated carbocycles. The van der Waals surface area contributed by atoms with E-state index in [-0.39, 0.29) is 28.8 Å². The molecule has 1 heterocycles. The fourth-order valence-corrected chi connectivity index (χ4v) is 2.71. The van der Waals surface area contributed by atoms with Crippen molar-refractivity contribution in [3.8, 4) is 17.2 Å². The Bertz CT molecular complexity index is 734. The minimum absolute atomic E-state index is 0.00612. The van der Waals surface area contributed by atoms with Crippen LogP contribution in [-0.4, -0.2) is 21.4 Å². The number of nitrogens with zero attached hydrogens (tertiary/aromatic N) is 1. The van der Waals surface area contributed by atoms with Crippen molar-refractivity contribution in [1.29, 1.82) is 0 Å². The normalized spacial score (nSPS) is 11.3. The van der Waals surface area contributed by atoms with Gasteiger partial charge in [-0.15, -0.1) is 0 Å². The summed E-state index contributed by atoms with van der Waals surface area (Å²) in [5.74, 6) is -0.107. The lowest BCUT2D eigenvalue weighted by Crippen LogP contribution is -2.24. The minimum atomic E-state index is -0.369. The van der Waals surface area contributed by atoms with E-state index >= 15 is 0 Å². The topological polar surface area (TPSA) is 71.7 Å². The summed E-state index contributed by atoms with van der Waals surface area (Å²) in [6.07, 6.45) is 4.15. The van der Waals surface area contributed by atoms with Gasteiger partial charge >= 0.3 is 0 Å². The summed E-state index contributed by atoms with van der Waals surface area (Å²) in [6, 6.07) is 4.46. The molecule has 0 aliphatic rings. The van der Waals surface area contributed by atoms with Crippen molar-refractivity contribution in [3.63, 3.8) is 0 Å². The number of hydrogen-bond acceptors (Lipinski definition) is 4. The van der Waals surface area contributed by atoms with E-state index in [0.29, 0.717) is 17.5 Å². The maximum absolute atomic E-state index is 12.7. The van der Waals surface area contributed by atoms with Gasteiger partial charge in [0.25, 0.3) is 5.56 Å². The summed E-state index contributed by atoms with van der Waals surface area (Å²) < 4.78 is 7.14. The molecule has 0 unspecified atom stereocenters. The first-order valence-electron chi connectivity index (χ1n) is 8.20. The van der Waals surface area contributed by atoms with Gasteiger partial charge in [-0.2, -0.15) is 0 Å². The quantitative estimate of drug-likeness (QED) is 0.758. The predicted molar refractivity (Wildman–Crippen MR) is 91.6 cm³/mol. The Morgan fingerprint density at radius 3 is 2.57 bits per heavy atom. The number of phenolic OH excluding ortho intramolecular Hbond substituents is 1. The second kappa shape index (κ2) is 7.40. The number of rotatable bonds is 7. The zero-order valence-electron chi connectivity index (χ0n) is 14.0. The molecule has 0 amide bonds. The number of aromatic nitrogens is 1. The van der Waals surface area contributed by atoms with Crippen LogP contribution in [0.5, 0.6) is 17.2 Å². The van der Waals surface area contributed by atoms with Crippen molar-refractivity contribution in [3.05, 3.63) is 28.6 Å². The summed E-state index contributed by atoms with van der Waals surface area (Å²) in [5.41, 5.74) is 0.131. The second-order valence-corrected chi connectivity index (χ2v) is 6.06. The first-order chi connectivity index (χ1) is 11.0. The molecular formula is C18H25NO4. The first-order valence-corrected chi connectivity index (χ1v) is 8.20. The zero-order valence-corrected chi connectivity index (χ0v) is 14.0. The summed E-state index contributed by atoms with van der Waals surface area (Å²) in [7, 11) is 0. The van der Waals surface area contributed by atoms with Crippen LogP contribution in [0, 0.1) is 0 Å². The van der Waals surface area contributed by atoms with Gasteiger partial charge in [-0.05, 0) is 32.4 Å². The fraction of sp³-hybridized carbons (Fsp3) is 0.500. The van der Waals surface area contributed by atoms with Gasteiger partial charge in [-0.25, -0.2) is 0 Å². The average molecular weight is 319 g/mol. The molecule has 0 spiro atoms. The van der Waals surface area contributed by atoms with Crippen LogP contribution in [0.25, 0.3) is 10.9 Å². The minimum Gasteiger partial charge on any atom is -0.508 e. The van der Waals surface area contributed by atoms with Gasteiger partial charge in [0.15, 0.2) is 5.75 Å². The number of benzene rings is 1. The molecule has 0 saturated heterocycles. The van der Waals surface area contributed by atoms with E-state index in [2.05, 4.69) is 6.92 Å². The Labute approximate surface area is 136 Å². The molecule has 0 radical (unpaired) electrons. The Kier molecular flexibility index (Phi) is 5.53. The molecule has 0 atom stereocenters. The second-order valence-electron chi connectivity index (χ2n) is 6.06. The molecule has 2 rings (SSSR count). The van der Waals surface area contributed by atoms with E-state index in [1.165, 1.54) is 16.7 Å². The lowest BCUT2D eigenvalue weighted by Gasteiger charge is -2.18. The Morgan fingerprint density at radius 2 is 1.91 bits per heavy atom. The number of phenols is 1. The van der Waals surface area contributed by atoms with Crippen LogP contribution in [0.4, 0.5) is 0 Å². The molecule has 23 heavy (non-hydrogen) atoms. The molecular weight excluding hydrogens is 294 g/mol. The molecule has 126 valence electrons. The van der Waals surface area contributed by atoms with Crippen LogP contribution in [-0.2, 0) is 0 Å². The van der Waals surface area contributed by atoms with Gasteiger partial charge in [0.05, 0.1) is 12.1 Å². The Balaban J connectivity index is 2.45. The number of unbranched alkanes of at least 4 members (excludes halogenated alkanes) is 3. The third-order valence-electron chi connectivity index (χ3n) is 3.88. The number of aromatic hydroxyl groups is 2. The molecule has 0 aliphatic carbocycles. The maximum atomic E-state index is 12.7. The smallest absolute Gasteiger partial charge is 0.297 e. The molecule has 1 aromatic heterocycles. The van der Waals surface area contributed by atoms with Crippen LogP contribution in [0.2, 0.25) is 0 Å². The van der Waals surface area contributed by atoms with Crippen LogP contribution in [0.3, 0.4) is 0 Å². The average Bonchev–Trinajstić information content (AvgIpc) is 2.49. The van der Waals surface area contributed by atoms with Crippen molar-refractivity contribution in [2.24, 2.45) is 0 Å². The summed E-state index contributed by atoms with van der Waals surface area (Å²) in [4.78, 5) is 12.7. The lowest BCUT2D eigenvalue weighted by atomic mass is 10.1. The molecule has 0 fully saturated rings. The number of pyridine rings is 1. The Morgan fingerprint density at radius 1 is 1.17 bits per heavy atom. The monoisotopic (exact) mass is 319 g/mol. The number of hydrogen-bond donors (Lipinski definition) is 2. The fourth-order valence-electron chi connectivity index (χ4n) is 2.71. The highest BCUT2D eigenvalue weighted by molar-refractivity contribution is 5.88. The SMILES string of the molecule is CCCCCCOc1c(O)c2ccc(O)cc2n(C(C)C)c1=O. The van der Waals surface area contributed by atoms with Gasteiger partial charge in [0.1, 0.15) is 5.75 Å². The molecule has 2 N–H and O–H groups in total. The van der Waals surface area contributed by atoms with Crippen LogP contribution >= 0.6 is 0 Å². The molecule has 2 aromatic rings. The highest BCUT2D eigenvalue weighted by atomic mass is 16.5. The highest BCUT2D eigenvalue weighted by Gasteiger charge is 2.19. The van der Waals surface area contributed by atoms with Crippen molar-refractivity contribution < 1.29 is 14.9 Å². The lowest BCUT2D eigenvalue weighted by molar-refractivity contribution is 0.283. The van der Waals surface area contributed by atoms with E-state index in [1.807, 2.05) is 13.8 Å². The van der Waals surface area contributed by atoms with E-state index < -0.39 is 0 Å². The van der Waals surface area contributed by atoms with Crippen molar-refractivity contribution in [2.75, 3.05) is 6.61 Å². The van der Waals surface area contributed by atoms with Crippen LogP contribution in [0.1, 0.15) is 52.5 Å². The summed E-state index contributed by atoms with van der Waals surface area (Å²) in [5, 5.41) is 20.6. The number of fused-ring (bicyclic) bond motifs is 1. The van der Waals surface area contributed by atoms with Gasteiger partial charge in [-0.3, -0.25) is 4.79 Å². The molecule has 5 heteroatoms. The largest absolute Gasteiger partial charge is 0.508 e. The first kappa shape index (κ1) is 17.2. The predicted octanol–water partition coefficient (Wildman–Crippen LogP) is 3.95. The molecule has 0 aliphatic heterocycles. The van der Waals surface area contributed by atoms with E-state index in [9.17, 15) is 15.0 Å². The van der Waals surface area contributed by atoms with Crippen LogP contribution in [0.15, 0.2) is 23.0 Å². The highest BCUT2D eigenvalue weighted by Crippen LogP contribution is 2.34. The van der Waals surface area contributed by atoms with Crippen LogP contribution < -0.4 is 10.3 Å². The van der Waals surface area contributed by atoms with Gasteiger partial charge < -0.3 is 19.5 Å². The maximum Gasteiger partial charge on any atom is 0.297 e. The molecule has 5 nitrogen and oxygen atoms in total. The van der Waals surface area contributed by atoms with E-state index in [4.69, 9.17) is 4.74 Å². The zero-order chi connectivity index (χ0) is 17.0. The summed E-state index contributed by atoms with van der Waals surface area (Å²) >= 11 is 0. The van der Waals surface area contributed by atoms with Gasteiger partial charge in [0, 0.05) is 17.5 Å². The standard InChI is InChI=1S/C18H25NO4/c1-4-5-6-7-10-23-17-16(21)14-9-8-13(20)11-15(14)19(12(2)3)18(17)22/h8-9,11-12,20-21H,4-7,10H2,1-3H3. The Hall–Kier alpha value is -2.17. The van der Waals surface area contributed by atoms with E-state index in [0.717, 1.165) is 25.7 Å². The van der Waals surface area contributed by atoms with Gasteiger partial charge in [0.2, 0.25) is 5.75 Å².